The van der Waals surface area contributed by atoms with Gasteiger partial charge in [-0.15, -0.1) is 0 Å². The van der Waals surface area contributed by atoms with Gasteiger partial charge >= 0.3 is 0 Å². The monoisotopic (exact) mass is 143 g/mol. The number of nitrogens with zero attached hydrogens (tertiary/aromatic N) is 3. The van der Waals surface area contributed by atoms with E-state index >= 15 is 0 Å². The number of nitrogen functional groups attached to an aromatic ring is 3. The van der Waals surface area contributed by atoms with Gasteiger partial charge in [0.2, 0.25) is 17.8 Å². The summed E-state index contributed by atoms with van der Waals surface area (Å²) < 4.78 is 0. The lowest BCUT2D eigenvalue weighted by Gasteiger charge is -1.93. The molecule has 7 heteroatoms. The first-order chi connectivity index (χ1) is 4.18. The molecule has 0 aliphatic carbocycles. The number of nitrogens with two attached hydrogens (primary N) is 3. The summed E-state index contributed by atoms with van der Waals surface area (Å²) in [4.78, 5) is 10.5. The second-order valence-electron chi connectivity index (χ2n) is 1.41. The summed E-state index contributed by atoms with van der Waals surface area (Å²) >= 11 is 0. The zero-order chi connectivity index (χ0) is 6.85. The van der Waals surface area contributed by atoms with E-state index in [1.54, 1.807) is 0 Å². The summed E-state index contributed by atoms with van der Waals surface area (Å²) in [5.41, 5.74) is 15.4. The van der Waals surface area contributed by atoms with Crippen molar-refractivity contribution in [1.29, 1.82) is 0 Å². The molecule has 0 radical (unpaired) electrons. The number of rotatable bonds is 0. The van der Waals surface area contributed by atoms with E-state index in [4.69, 9.17) is 17.2 Å². The number of hydrogen-bond acceptors (Lipinski definition) is 7. The summed E-state index contributed by atoms with van der Waals surface area (Å²) in [6, 6.07) is 0. The van der Waals surface area contributed by atoms with E-state index in [2.05, 4.69) is 15.0 Å². The molecule has 56 valence electrons. The van der Waals surface area contributed by atoms with E-state index in [0.29, 0.717) is 0 Å². The van der Waals surface area contributed by atoms with Crippen LogP contribution in [-0.2, 0) is 0 Å². The molecule has 1 heterocycles. The molecule has 10 heavy (non-hydrogen) atoms. The van der Waals surface area contributed by atoms with Gasteiger partial charge in [-0.05, 0) is 0 Å². The molecular formula is C3H7N6O-. The Morgan fingerprint density at radius 1 is 0.700 bits per heavy atom. The molecule has 7 nitrogen and oxygen atoms in total. The minimum absolute atomic E-state index is 0. The van der Waals surface area contributed by atoms with Crippen LogP contribution in [0.5, 0.6) is 0 Å². The van der Waals surface area contributed by atoms with Gasteiger partial charge in [0.15, 0.2) is 0 Å². The van der Waals surface area contributed by atoms with Crippen molar-refractivity contribution in [3.63, 3.8) is 0 Å². The topological polar surface area (TPSA) is 147 Å². The van der Waals surface area contributed by atoms with Crippen LogP contribution in [0.1, 0.15) is 0 Å². The van der Waals surface area contributed by atoms with E-state index < -0.39 is 0 Å². The molecule has 0 aliphatic heterocycles. The molecule has 0 aliphatic rings. The fraction of sp³-hybridized carbons (Fsp3) is 0. The summed E-state index contributed by atoms with van der Waals surface area (Å²) in [7, 11) is 0. The van der Waals surface area contributed by atoms with E-state index in [9.17, 15) is 0 Å². The SMILES string of the molecule is Nc1nc(N)nc(N)n1.[OH-]. The lowest BCUT2D eigenvalue weighted by atomic mass is 10.9. The van der Waals surface area contributed by atoms with Gasteiger partial charge in [0.1, 0.15) is 0 Å². The van der Waals surface area contributed by atoms with Gasteiger partial charge < -0.3 is 22.7 Å². The molecule has 0 aromatic carbocycles. The molecule has 0 saturated carbocycles. The second kappa shape index (κ2) is 2.78. The van der Waals surface area contributed by atoms with Gasteiger partial charge in [-0.1, -0.05) is 0 Å². The molecule has 0 unspecified atom stereocenters. The van der Waals surface area contributed by atoms with Crippen molar-refractivity contribution in [3.8, 4) is 0 Å². The first-order valence-electron chi connectivity index (χ1n) is 2.21. The molecular weight excluding hydrogens is 136 g/mol. The Morgan fingerprint density at radius 3 is 1.10 bits per heavy atom. The summed E-state index contributed by atoms with van der Waals surface area (Å²) in [5.74, 6) is 0.125. The predicted molar refractivity (Wildman–Crippen MR) is 35.0 cm³/mol. The highest BCUT2D eigenvalue weighted by molar-refractivity contribution is 5.33. The average molecular weight is 143 g/mol. The Balaban J connectivity index is 0.000000810. The van der Waals surface area contributed by atoms with Crippen molar-refractivity contribution in [2.45, 2.75) is 0 Å². The molecule has 1 aromatic heterocycles. The fourth-order valence-corrected chi connectivity index (χ4v) is 0.427. The van der Waals surface area contributed by atoms with E-state index in [-0.39, 0.29) is 23.3 Å². The lowest BCUT2D eigenvalue weighted by Crippen LogP contribution is -2.05. The van der Waals surface area contributed by atoms with E-state index in [1.807, 2.05) is 0 Å². The van der Waals surface area contributed by atoms with Crippen LogP contribution >= 0.6 is 0 Å². The summed E-state index contributed by atoms with van der Waals surface area (Å²) in [6.07, 6.45) is 0. The maximum absolute atomic E-state index is 5.14. The van der Waals surface area contributed by atoms with Crippen LogP contribution in [0.3, 0.4) is 0 Å². The average Bonchev–Trinajstić information content (AvgIpc) is 1.59. The van der Waals surface area contributed by atoms with Crippen LogP contribution in [0.4, 0.5) is 17.8 Å². The minimum atomic E-state index is 0. The van der Waals surface area contributed by atoms with Crippen molar-refractivity contribution < 1.29 is 5.48 Å². The normalized spacial score (nSPS) is 8.40. The van der Waals surface area contributed by atoms with Gasteiger partial charge in [-0.25, -0.2) is 0 Å². The third-order valence-electron chi connectivity index (χ3n) is 0.687. The van der Waals surface area contributed by atoms with Gasteiger partial charge in [0.05, 0.1) is 0 Å². The summed E-state index contributed by atoms with van der Waals surface area (Å²) in [5, 5.41) is 0. The Labute approximate surface area is 56.6 Å². The smallest absolute Gasteiger partial charge is 0.226 e. The highest BCUT2D eigenvalue weighted by Gasteiger charge is 1.93. The molecule has 0 spiro atoms. The number of anilines is 3. The molecule has 0 fully saturated rings. The Kier molecular flexibility index (Phi) is 2.33. The van der Waals surface area contributed by atoms with Crippen LogP contribution < -0.4 is 17.2 Å². The standard InChI is InChI=1S/C3H6N6.H2O/c4-1-7-2(5)9-3(6)8-1;/h(H6,4,5,6,7,8,9);1H2/p-1. The zero-order valence-corrected chi connectivity index (χ0v) is 5.02. The van der Waals surface area contributed by atoms with Gasteiger partial charge in [-0.3, -0.25) is 0 Å². The minimum Gasteiger partial charge on any atom is -0.870 e. The Hall–Kier alpha value is -1.63. The lowest BCUT2D eigenvalue weighted by molar-refractivity contribution is 0.824. The maximum atomic E-state index is 5.14. The zero-order valence-electron chi connectivity index (χ0n) is 5.02. The number of hydrogen-bond donors (Lipinski definition) is 3. The molecule has 0 saturated heterocycles. The first kappa shape index (κ1) is 8.37. The third-order valence-corrected chi connectivity index (χ3v) is 0.687. The molecule has 0 bridgehead atoms. The van der Waals surface area contributed by atoms with Crippen LogP contribution in [0.25, 0.3) is 0 Å². The van der Waals surface area contributed by atoms with Crippen LogP contribution in [0.2, 0.25) is 0 Å². The highest BCUT2D eigenvalue weighted by Crippen LogP contribution is 1.97. The third kappa shape index (κ3) is 1.71. The summed E-state index contributed by atoms with van der Waals surface area (Å²) in [6.45, 7) is 0. The van der Waals surface area contributed by atoms with Crippen molar-refractivity contribution in [2.75, 3.05) is 17.2 Å². The predicted octanol–water partition coefficient (Wildman–Crippen LogP) is -1.56. The van der Waals surface area contributed by atoms with E-state index in [0.717, 1.165) is 0 Å². The fourth-order valence-electron chi connectivity index (χ4n) is 0.427. The van der Waals surface area contributed by atoms with Gasteiger partial charge in [0.25, 0.3) is 0 Å². The van der Waals surface area contributed by atoms with Crippen molar-refractivity contribution in [3.05, 3.63) is 0 Å². The number of aromatic nitrogens is 3. The quantitative estimate of drug-likeness (QED) is 0.397. The van der Waals surface area contributed by atoms with Crippen molar-refractivity contribution in [1.82, 2.24) is 15.0 Å². The van der Waals surface area contributed by atoms with Crippen LogP contribution in [-0.4, -0.2) is 20.4 Å². The van der Waals surface area contributed by atoms with Crippen molar-refractivity contribution in [2.24, 2.45) is 0 Å². The Bertz CT molecular complexity index is 174. The van der Waals surface area contributed by atoms with Crippen LogP contribution in [0, 0.1) is 0 Å². The molecule has 7 N–H and O–H groups in total. The molecule has 0 atom stereocenters. The van der Waals surface area contributed by atoms with Gasteiger partial charge in [0, 0.05) is 0 Å². The Morgan fingerprint density at radius 2 is 0.900 bits per heavy atom. The van der Waals surface area contributed by atoms with Crippen molar-refractivity contribution >= 4 is 17.8 Å². The van der Waals surface area contributed by atoms with Crippen LogP contribution in [0.15, 0.2) is 0 Å². The van der Waals surface area contributed by atoms with E-state index in [1.165, 1.54) is 0 Å². The molecule has 1 aromatic rings. The maximum Gasteiger partial charge on any atom is 0.226 e. The molecule has 0 amide bonds. The molecule has 1 rings (SSSR count). The second-order valence-corrected chi connectivity index (χ2v) is 1.41. The first-order valence-corrected chi connectivity index (χ1v) is 2.21. The highest BCUT2D eigenvalue weighted by atomic mass is 16.0. The van der Waals surface area contributed by atoms with Gasteiger partial charge in [-0.2, -0.15) is 15.0 Å². The largest absolute Gasteiger partial charge is 0.870 e.